The van der Waals surface area contributed by atoms with Gasteiger partial charge in [0.05, 0.1) is 0 Å². The topological polar surface area (TPSA) is 57.2 Å². The zero-order valence-corrected chi connectivity index (χ0v) is 16.9. The highest BCUT2D eigenvalue weighted by atomic mass is 127. The highest BCUT2D eigenvalue weighted by Crippen LogP contribution is 2.14. The first-order valence-corrected chi connectivity index (χ1v) is 7.97. The maximum Gasteiger partial charge on any atom is 0.259 e. The molecular weight excluding hydrogens is 419 g/mol. The van der Waals surface area contributed by atoms with Crippen LogP contribution >= 0.6 is 24.0 Å². The summed E-state index contributed by atoms with van der Waals surface area (Å²) in [5, 5.41) is 3.38. The Hall–Kier alpha value is -1.51. The molecule has 0 atom stereocenters. The number of nitrogens with one attached hydrogen (secondary N) is 1. The summed E-state index contributed by atoms with van der Waals surface area (Å²) in [5.41, 5.74) is 1.10. The fourth-order valence-electron chi connectivity index (χ4n) is 2.46. The van der Waals surface area contributed by atoms with Crippen LogP contribution in [0.1, 0.15) is 18.4 Å². The first-order valence-electron chi connectivity index (χ1n) is 7.97. The predicted octanol–water partition coefficient (Wildman–Crippen LogP) is 1.94. The van der Waals surface area contributed by atoms with Gasteiger partial charge in [-0.15, -0.1) is 24.0 Å². The molecule has 134 valence electrons. The molecule has 2 rings (SSSR count). The number of amides is 1. The number of likely N-dealkylation sites (tertiary alicyclic amines) is 1. The second-order valence-corrected chi connectivity index (χ2v) is 5.82. The van der Waals surface area contributed by atoms with E-state index in [-0.39, 0.29) is 36.5 Å². The Labute approximate surface area is 161 Å². The molecular formula is C17H27IN4O2. The SMILES string of the molecule is CN=C(NCc1cccc(OCC(=O)N(C)C)c1)N1CCCC1.I. The quantitative estimate of drug-likeness (QED) is 0.427. The molecule has 1 aliphatic rings. The minimum absolute atomic E-state index is 0. The molecule has 0 aliphatic carbocycles. The average Bonchev–Trinajstić information content (AvgIpc) is 3.08. The Morgan fingerprint density at radius 2 is 2.04 bits per heavy atom. The summed E-state index contributed by atoms with van der Waals surface area (Å²) in [6.45, 7) is 2.87. The monoisotopic (exact) mass is 446 g/mol. The number of halogens is 1. The van der Waals surface area contributed by atoms with Crippen LogP contribution in [0.5, 0.6) is 5.75 Å². The maximum absolute atomic E-state index is 11.6. The summed E-state index contributed by atoms with van der Waals surface area (Å²) in [5.74, 6) is 1.59. The average molecular weight is 446 g/mol. The molecule has 1 aliphatic heterocycles. The predicted molar refractivity (Wildman–Crippen MR) is 107 cm³/mol. The van der Waals surface area contributed by atoms with Crippen LogP contribution in [0.3, 0.4) is 0 Å². The van der Waals surface area contributed by atoms with Gasteiger partial charge in [0.2, 0.25) is 0 Å². The second kappa shape index (κ2) is 10.4. The van der Waals surface area contributed by atoms with Crippen LogP contribution in [0, 0.1) is 0 Å². The summed E-state index contributed by atoms with van der Waals surface area (Å²) in [4.78, 5) is 19.7. The summed E-state index contributed by atoms with van der Waals surface area (Å²) in [7, 11) is 5.25. The molecule has 0 radical (unpaired) electrons. The minimum Gasteiger partial charge on any atom is -0.484 e. The van der Waals surface area contributed by atoms with Crippen molar-refractivity contribution < 1.29 is 9.53 Å². The molecule has 0 unspecified atom stereocenters. The second-order valence-electron chi connectivity index (χ2n) is 5.82. The summed E-state index contributed by atoms with van der Waals surface area (Å²) in [6.07, 6.45) is 2.45. The standard InChI is InChI=1S/C17H26N4O2.HI/c1-18-17(21-9-4-5-10-21)19-12-14-7-6-8-15(11-14)23-13-16(22)20(2)3;/h6-8,11H,4-5,9-10,12-13H2,1-3H3,(H,18,19);1H. The highest BCUT2D eigenvalue weighted by molar-refractivity contribution is 14.0. The Bertz CT molecular complexity index is 557. The van der Waals surface area contributed by atoms with E-state index in [9.17, 15) is 4.79 Å². The fraction of sp³-hybridized carbons (Fsp3) is 0.529. The molecule has 1 aromatic rings. The number of carbonyl (C=O) groups excluding carboxylic acids is 1. The molecule has 24 heavy (non-hydrogen) atoms. The van der Waals surface area contributed by atoms with Crippen molar-refractivity contribution in [2.75, 3.05) is 40.8 Å². The van der Waals surface area contributed by atoms with Crippen molar-refractivity contribution >= 4 is 35.8 Å². The lowest BCUT2D eigenvalue weighted by Crippen LogP contribution is -2.39. The molecule has 1 aromatic carbocycles. The van der Waals surface area contributed by atoms with Crippen molar-refractivity contribution in [1.82, 2.24) is 15.1 Å². The Morgan fingerprint density at radius 1 is 1.33 bits per heavy atom. The van der Waals surface area contributed by atoms with Crippen molar-refractivity contribution in [3.63, 3.8) is 0 Å². The molecule has 7 heteroatoms. The molecule has 6 nitrogen and oxygen atoms in total. The van der Waals surface area contributed by atoms with Crippen LogP contribution in [0.4, 0.5) is 0 Å². The number of carbonyl (C=O) groups is 1. The third kappa shape index (κ3) is 6.18. The van der Waals surface area contributed by atoms with E-state index in [0.29, 0.717) is 12.3 Å². The molecule has 0 spiro atoms. The van der Waals surface area contributed by atoms with E-state index in [0.717, 1.165) is 24.6 Å². The Balaban J connectivity index is 0.00000288. The first kappa shape index (κ1) is 20.5. The lowest BCUT2D eigenvalue weighted by molar-refractivity contribution is -0.130. The van der Waals surface area contributed by atoms with E-state index in [1.807, 2.05) is 31.3 Å². The van der Waals surface area contributed by atoms with Gasteiger partial charge < -0.3 is 19.9 Å². The molecule has 1 heterocycles. The molecule has 0 aromatic heterocycles. The number of guanidine groups is 1. The van der Waals surface area contributed by atoms with Crippen molar-refractivity contribution in [2.45, 2.75) is 19.4 Å². The smallest absolute Gasteiger partial charge is 0.259 e. The van der Waals surface area contributed by atoms with Gasteiger partial charge in [0, 0.05) is 40.8 Å². The van der Waals surface area contributed by atoms with Gasteiger partial charge in [-0.2, -0.15) is 0 Å². The number of likely N-dealkylation sites (N-methyl/N-ethyl adjacent to an activating group) is 1. The molecule has 0 saturated carbocycles. The minimum atomic E-state index is -0.0528. The molecule has 0 bridgehead atoms. The van der Waals surface area contributed by atoms with E-state index < -0.39 is 0 Å². The highest BCUT2D eigenvalue weighted by Gasteiger charge is 2.15. The summed E-state index contributed by atoms with van der Waals surface area (Å²) >= 11 is 0. The van der Waals surface area contributed by atoms with Gasteiger partial charge in [0.15, 0.2) is 12.6 Å². The number of rotatable bonds is 5. The maximum atomic E-state index is 11.6. The number of hydrogen-bond donors (Lipinski definition) is 1. The largest absolute Gasteiger partial charge is 0.484 e. The fourth-order valence-corrected chi connectivity index (χ4v) is 2.46. The number of ether oxygens (including phenoxy) is 1. The van der Waals surface area contributed by atoms with Gasteiger partial charge in [0.1, 0.15) is 5.75 Å². The van der Waals surface area contributed by atoms with Gasteiger partial charge in [0.25, 0.3) is 5.91 Å². The van der Waals surface area contributed by atoms with E-state index in [1.54, 1.807) is 14.1 Å². The van der Waals surface area contributed by atoms with Crippen molar-refractivity contribution in [3.8, 4) is 5.75 Å². The Morgan fingerprint density at radius 3 is 2.67 bits per heavy atom. The molecule has 1 amide bonds. The van der Waals surface area contributed by atoms with Gasteiger partial charge in [-0.05, 0) is 30.5 Å². The van der Waals surface area contributed by atoms with Crippen LogP contribution in [0.2, 0.25) is 0 Å². The Kier molecular flexibility index (Phi) is 8.88. The van der Waals surface area contributed by atoms with Crippen LogP contribution in [-0.4, -0.2) is 62.5 Å². The van der Waals surface area contributed by atoms with Crippen LogP contribution in [0.15, 0.2) is 29.3 Å². The normalized spacial score (nSPS) is 14.1. The van der Waals surface area contributed by atoms with Gasteiger partial charge >= 0.3 is 0 Å². The number of hydrogen-bond acceptors (Lipinski definition) is 3. The van der Waals surface area contributed by atoms with Gasteiger partial charge in [-0.25, -0.2) is 0 Å². The molecule has 1 fully saturated rings. The van der Waals surface area contributed by atoms with Crippen LogP contribution < -0.4 is 10.1 Å². The lowest BCUT2D eigenvalue weighted by Gasteiger charge is -2.21. The first-order chi connectivity index (χ1) is 11.1. The van der Waals surface area contributed by atoms with Gasteiger partial charge in [-0.1, -0.05) is 12.1 Å². The van der Waals surface area contributed by atoms with Crippen molar-refractivity contribution in [3.05, 3.63) is 29.8 Å². The molecule has 1 N–H and O–H groups in total. The van der Waals surface area contributed by atoms with Crippen LogP contribution in [0.25, 0.3) is 0 Å². The number of aliphatic imine (C=N–C) groups is 1. The number of nitrogens with zero attached hydrogens (tertiary/aromatic N) is 3. The zero-order chi connectivity index (χ0) is 16.7. The molecule has 1 saturated heterocycles. The zero-order valence-electron chi connectivity index (χ0n) is 14.6. The van der Waals surface area contributed by atoms with E-state index in [4.69, 9.17) is 4.74 Å². The van der Waals surface area contributed by atoms with Crippen molar-refractivity contribution in [2.24, 2.45) is 4.99 Å². The summed E-state index contributed by atoms with van der Waals surface area (Å²) < 4.78 is 5.54. The van der Waals surface area contributed by atoms with E-state index in [2.05, 4.69) is 15.2 Å². The van der Waals surface area contributed by atoms with Crippen LogP contribution in [-0.2, 0) is 11.3 Å². The van der Waals surface area contributed by atoms with E-state index in [1.165, 1.54) is 17.7 Å². The lowest BCUT2D eigenvalue weighted by atomic mass is 10.2. The summed E-state index contributed by atoms with van der Waals surface area (Å²) in [6, 6.07) is 7.78. The van der Waals surface area contributed by atoms with E-state index >= 15 is 0 Å². The van der Waals surface area contributed by atoms with Crippen molar-refractivity contribution in [1.29, 1.82) is 0 Å². The third-order valence-electron chi connectivity index (χ3n) is 3.83. The third-order valence-corrected chi connectivity index (χ3v) is 3.83. The van der Waals surface area contributed by atoms with Gasteiger partial charge in [-0.3, -0.25) is 9.79 Å². The number of benzene rings is 1.